The van der Waals surface area contributed by atoms with Crippen LogP contribution in [0.3, 0.4) is 0 Å². The standard InChI is InChI=1S/C21H25N3O5S/c1-5-28-18(25)13-30-17-10-9-14(12-22-17)19(26)23-15-7-6-8-16(11-15)24-20(27)29-21(2,3)4/h6-12H,5,13H2,1-4H3,(H,23,26)(H,24,27). The smallest absolute Gasteiger partial charge is 0.412 e. The minimum absolute atomic E-state index is 0.157. The lowest BCUT2D eigenvalue weighted by Gasteiger charge is -2.19. The molecule has 8 nitrogen and oxygen atoms in total. The summed E-state index contributed by atoms with van der Waals surface area (Å²) in [7, 11) is 0. The molecule has 0 aliphatic heterocycles. The lowest BCUT2D eigenvalue weighted by atomic mass is 10.2. The first-order chi connectivity index (χ1) is 14.2. The maximum absolute atomic E-state index is 12.5. The van der Waals surface area contributed by atoms with Gasteiger partial charge in [-0.3, -0.25) is 14.9 Å². The molecule has 30 heavy (non-hydrogen) atoms. The quantitative estimate of drug-likeness (QED) is 0.496. The van der Waals surface area contributed by atoms with Gasteiger partial charge in [0.25, 0.3) is 5.91 Å². The molecule has 0 bridgehead atoms. The zero-order valence-electron chi connectivity index (χ0n) is 17.4. The summed E-state index contributed by atoms with van der Waals surface area (Å²) in [6, 6.07) is 10.0. The molecule has 2 N–H and O–H groups in total. The van der Waals surface area contributed by atoms with Gasteiger partial charge in [0, 0.05) is 17.6 Å². The van der Waals surface area contributed by atoms with E-state index in [0.717, 1.165) is 0 Å². The normalized spacial score (nSPS) is 10.8. The van der Waals surface area contributed by atoms with E-state index >= 15 is 0 Å². The lowest BCUT2D eigenvalue weighted by Crippen LogP contribution is -2.27. The fourth-order valence-corrected chi connectivity index (χ4v) is 2.88. The summed E-state index contributed by atoms with van der Waals surface area (Å²) in [5.41, 5.74) is 0.755. The molecular formula is C21H25N3O5S. The van der Waals surface area contributed by atoms with Crippen molar-refractivity contribution < 1.29 is 23.9 Å². The number of ether oxygens (including phenoxy) is 2. The number of esters is 1. The van der Waals surface area contributed by atoms with Crippen LogP contribution in [0, 0.1) is 0 Å². The summed E-state index contributed by atoms with van der Waals surface area (Å²) < 4.78 is 10.1. The molecule has 2 aromatic rings. The van der Waals surface area contributed by atoms with Crippen molar-refractivity contribution in [2.24, 2.45) is 0 Å². The van der Waals surface area contributed by atoms with E-state index in [1.165, 1.54) is 18.0 Å². The number of carbonyl (C=O) groups is 3. The molecule has 0 saturated carbocycles. The molecule has 9 heteroatoms. The van der Waals surface area contributed by atoms with E-state index in [0.29, 0.717) is 28.6 Å². The number of benzene rings is 1. The maximum Gasteiger partial charge on any atom is 0.412 e. The molecular weight excluding hydrogens is 406 g/mol. The zero-order valence-corrected chi connectivity index (χ0v) is 18.2. The molecule has 0 spiro atoms. The Kier molecular flexibility index (Phi) is 8.23. The fraction of sp³-hybridized carbons (Fsp3) is 0.333. The van der Waals surface area contributed by atoms with Crippen LogP contribution in [0.2, 0.25) is 0 Å². The molecule has 1 aromatic heterocycles. The minimum atomic E-state index is -0.607. The number of amides is 2. The molecule has 0 aliphatic carbocycles. The highest BCUT2D eigenvalue weighted by Gasteiger charge is 2.16. The van der Waals surface area contributed by atoms with E-state index in [9.17, 15) is 14.4 Å². The van der Waals surface area contributed by atoms with Gasteiger partial charge in [0.2, 0.25) is 0 Å². The highest BCUT2D eigenvalue weighted by atomic mass is 32.2. The Morgan fingerprint density at radius 3 is 2.37 bits per heavy atom. The number of nitrogens with one attached hydrogen (secondary N) is 2. The SMILES string of the molecule is CCOC(=O)CSc1ccc(C(=O)Nc2cccc(NC(=O)OC(C)(C)C)c2)cn1. The summed E-state index contributed by atoms with van der Waals surface area (Å²) in [5, 5.41) is 5.99. The zero-order chi connectivity index (χ0) is 22.1. The Bertz CT molecular complexity index is 894. The molecule has 1 aromatic carbocycles. The van der Waals surface area contributed by atoms with E-state index in [4.69, 9.17) is 9.47 Å². The summed E-state index contributed by atoms with van der Waals surface area (Å²) in [6.45, 7) is 7.41. The van der Waals surface area contributed by atoms with Crippen molar-refractivity contribution in [3.8, 4) is 0 Å². The van der Waals surface area contributed by atoms with Gasteiger partial charge in [-0.05, 0) is 58.0 Å². The minimum Gasteiger partial charge on any atom is -0.465 e. The molecule has 2 rings (SSSR count). The van der Waals surface area contributed by atoms with Crippen LogP contribution in [0.1, 0.15) is 38.1 Å². The number of hydrogen-bond donors (Lipinski definition) is 2. The highest BCUT2D eigenvalue weighted by molar-refractivity contribution is 7.99. The molecule has 0 radical (unpaired) electrons. The average Bonchev–Trinajstić information content (AvgIpc) is 2.65. The first-order valence-corrected chi connectivity index (χ1v) is 10.3. The highest BCUT2D eigenvalue weighted by Crippen LogP contribution is 2.19. The number of rotatable bonds is 7. The van der Waals surface area contributed by atoms with E-state index < -0.39 is 11.7 Å². The predicted molar refractivity (Wildman–Crippen MR) is 116 cm³/mol. The van der Waals surface area contributed by atoms with Crippen molar-refractivity contribution in [2.45, 2.75) is 38.3 Å². The Labute approximate surface area is 179 Å². The molecule has 0 fully saturated rings. The number of carbonyl (C=O) groups excluding carboxylic acids is 3. The van der Waals surface area contributed by atoms with E-state index in [-0.39, 0.29) is 17.6 Å². The number of hydrogen-bond acceptors (Lipinski definition) is 7. The third kappa shape index (κ3) is 8.12. The molecule has 0 atom stereocenters. The second-order valence-corrected chi connectivity index (χ2v) is 8.14. The van der Waals surface area contributed by atoms with Crippen LogP contribution in [-0.4, -0.2) is 40.9 Å². The van der Waals surface area contributed by atoms with Gasteiger partial charge in [0.1, 0.15) is 5.60 Å². The van der Waals surface area contributed by atoms with Crippen molar-refractivity contribution in [1.82, 2.24) is 4.98 Å². The van der Waals surface area contributed by atoms with Crippen LogP contribution in [0.5, 0.6) is 0 Å². The molecule has 1 heterocycles. The Balaban J connectivity index is 1.94. The Hall–Kier alpha value is -3.07. The van der Waals surface area contributed by atoms with Gasteiger partial charge < -0.3 is 14.8 Å². The molecule has 0 saturated heterocycles. The van der Waals surface area contributed by atoms with Crippen LogP contribution in [0.15, 0.2) is 47.6 Å². The van der Waals surface area contributed by atoms with Gasteiger partial charge in [-0.25, -0.2) is 9.78 Å². The van der Waals surface area contributed by atoms with E-state index in [1.807, 2.05) is 0 Å². The Morgan fingerprint density at radius 1 is 1.07 bits per heavy atom. The van der Waals surface area contributed by atoms with Crippen LogP contribution in [-0.2, 0) is 14.3 Å². The average molecular weight is 432 g/mol. The van der Waals surface area contributed by atoms with Gasteiger partial charge in [-0.1, -0.05) is 17.8 Å². The topological polar surface area (TPSA) is 107 Å². The molecule has 2 amide bonds. The second kappa shape index (κ2) is 10.6. The lowest BCUT2D eigenvalue weighted by molar-refractivity contribution is -0.139. The summed E-state index contributed by atoms with van der Waals surface area (Å²) in [6.07, 6.45) is 0.858. The largest absolute Gasteiger partial charge is 0.465 e. The van der Waals surface area contributed by atoms with Crippen molar-refractivity contribution in [1.29, 1.82) is 0 Å². The van der Waals surface area contributed by atoms with Crippen LogP contribution in [0.4, 0.5) is 16.2 Å². The first kappa shape index (κ1) is 23.2. The maximum atomic E-state index is 12.5. The number of pyridine rings is 1. The van der Waals surface area contributed by atoms with Crippen molar-refractivity contribution in [3.05, 3.63) is 48.2 Å². The van der Waals surface area contributed by atoms with Gasteiger partial charge >= 0.3 is 12.1 Å². The molecule has 0 unspecified atom stereocenters. The van der Waals surface area contributed by atoms with Crippen molar-refractivity contribution >= 4 is 41.1 Å². The van der Waals surface area contributed by atoms with E-state index in [1.54, 1.807) is 64.1 Å². The number of anilines is 2. The fourth-order valence-electron chi connectivity index (χ4n) is 2.23. The summed E-state index contributed by atoms with van der Waals surface area (Å²) in [5.74, 6) is -0.506. The van der Waals surface area contributed by atoms with Crippen molar-refractivity contribution in [3.63, 3.8) is 0 Å². The van der Waals surface area contributed by atoms with Gasteiger partial charge in [0.05, 0.1) is 22.9 Å². The first-order valence-electron chi connectivity index (χ1n) is 9.32. The van der Waals surface area contributed by atoms with Crippen molar-refractivity contribution in [2.75, 3.05) is 23.0 Å². The van der Waals surface area contributed by atoms with E-state index in [2.05, 4.69) is 15.6 Å². The Morgan fingerprint density at radius 2 is 1.77 bits per heavy atom. The monoisotopic (exact) mass is 431 g/mol. The van der Waals surface area contributed by atoms with Gasteiger partial charge in [-0.2, -0.15) is 0 Å². The predicted octanol–water partition coefficient (Wildman–Crippen LogP) is 4.34. The molecule has 160 valence electrons. The summed E-state index contributed by atoms with van der Waals surface area (Å²) in [4.78, 5) is 39.9. The number of aromatic nitrogens is 1. The van der Waals surface area contributed by atoms with Crippen LogP contribution < -0.4 is 10.6 Å². The number of thioether (sulfide) groups is 1. The molecule has 0 aliphatic rings. The van der Waals surface area contributed by atoms with Gasteiger partial charge in [0.15, 0.2) is 0 Å². The van der Waals surface area contributed by atoms with Crippen LogP contribution >= 0.6 is 11.8 Å². The van der Waals surface area contributed by atoms with Gasteiger partial charge in [-0.15, -0.1) is 0 Å². The third-order valence-electron chi connectivity index (χ3n) is 3.41. The number of nitrogens with zero attached hydrogens (tertiary/aromatic N) is 1. The summed E-state index contributed by atoms with van der Waals surface area (Å²) >= 11 is 1.23. The second-order valence-electron chi connectivity index (χ2n) is 7.14. The van der Waals surface area contributed by atoms with Crippen LogP contribution in [0.25, 0.3) is 0 Å². The third-order valence-corrected chi connectivity index (χ3v) is 4.32.